The van der Waals surface area contributed by atoms with Crippen LogP contribution >= 0.6 is 0 Å². The number of unbranched alkanes of at least 4 members (excludes halogenated alkanes) is 4. The van der Waals surface area contributed by atoms with E-state index in [1.165, 1.54) is 37.3 Å². The number of amides is 1. The molecule has 1 heterocycles. The van der Waals surface area contributed by atoms with Gasteiger partial charge in [-0.2, -0.15) is 0 Å². The maximum atomic E-state index is 11.2. The molecule has 4 heteroatoms. The minimum Gasteiger partial charge on any atom is -0.453 e. The first kappa shape index (κ1) is 17.9. The predicted molar refractivity (Wildman–Crippen MR) is 98.0 cm³/mol. The second kappa shape index (κ2) is 9.67. The van der Waals surface area contributed by atoms with Crippen LogP contribution in [0.1, 0.15) is 44.6 Å². The van der Waals surface area contributed by atoms with Gasteiger partial charge in [0.1, 0.15) is 0 Å². The predicted octanol–water partition coefficient (Wildman–Crippen LogP) is 4.32. The molecule has 0 aliphatic heterocycles. The quantitative estimate of drug-likeness (QED) is 0.608. The molecule has 24 heavy (non-hydrogen) atoms. The molecule has 4 nitrogen and oxygen atoms in total. The second-order valence-corrected chi connectivity index (χ2v) is 5.81. The van der Waals surface area contributed by atoms with Crippen LogP contribution in [0.25, 0.3) is 10.9 Å². The van der Waals surface area contributed by atoms with Crippen LogP contribution in [0, 0.1) is 12.0 Å². The number of para-hydroxylation sites is 1. The molecule has 0 atom stereocenters. The number of carbonyl (C=O) groups is 1. The number of fused-ring (bicyclic) bond motifs is 1. The summed E-state index contributed by atoms with van der Waals surface area (Å²) in [5.74, 6) is 3.27. The fourth-order valence-electron chi connectivity index (χ4n) is 2.69. The zero-order valence-corrected chi connectivity index (χ0v) is 14.6. The number of aromatic nitrogens is 1. The van der Waals surface area contributed by atoms with Gasteiger partial charge in [-0.3, -0.25) is 4.57 Å². The lowest BCUT2D eigenvalue weighted by atomic mass is 10.1. The van der Waals surface area contributed by atoms with Gasteiger partial charge in [-0.15, -0.1) is 0 Å². The van der Waals surface area contributed by atoms with Crippen molar-refractivity contribution in [3.63, 3.8) is 0 Å². The van der Waals surface area contributed by atoms with Gasteiger partial charge in [-0.05, 0) is 24.5 Å². The molecule has 2 rings (SSSR count). The zero-order chi connectivity index (χ0) is 17.2. The number of rotatable bonds is 7. The molecule has 2 aromatic rings. The minimum atomic E-state index is -0.398. The molecule has 0 spiro atoms. The summed E-state index contributed by atoms with van der Waals surface area (Å²) in [6.45, 7) is 2.76. The molecule has 0 fully saturated rings. The van der Waals surface area contributed by atoms with Gasteiger partial charge in [0.2, 0.25) is 0 Å². The zero-order valence-electron chi connectivity index (χ0n) is 14.6. The topological polar surface area (TPSA) is 43.3 Å². The van der Waals surface area contributed by atoms with Crippen LogP contribution in [0.2, 0.25) is 0 Å². The number of carbonyl (C=O) groups excluding carboxylic acids is 1. The monoisotopic (exact) mass is 326 g/mol. The summed E-state index contributed by atoms with van der Waals surface area (Å²) >= 11 is 0. The first-order valence-electron chi connectivity index (χ1n) is 8.66. The van der Waals surface area contributed by atoms with Crippen LogP contribution < -0.4 is 5.32 Å². The number of benzene rings is 1. The van der Waals surface area contributed by atoms with Gasteiger partial charge in [-0.1, -0.05) is 50.3 Å². The maximum absolute atomic E-state index is 11.2. The van der Waals surface area contributed by atoms with Crippen molar-refractivity contribution in [2.45, 2.75) is 45.4 Å². The van der Waals surface area contributed by atoms with Crippen LogP contribution in [-0.4, -0.2) is 24.3 Å². The number of ether oxygens (including phenoxy) is 1. The molecule has 0 saturated carbocycles. The Morgan fingerprint density at radius 1 is 1.25 bits per heavy atom. The van der Waals surface area contributed by atoms with Crippen LogP contribution in [-0.2, 0) is 11.2 Å². The summed E-state index contributed by atoms with van der Waals surface area (Å²) in [5, 5.41) is 3.90. The van der Waals surface area contributed by atoms with E-state index in [-0.39, 0.29) is 0 Å². The van der Waals surface area contributed by atoms with Crippen molar-refractivity contribution in [3.05, 3.63) is 36.0 Å². The maximum Gasteiger partial charge on any atom is 0.406 e. The van der Waals surface area contributed by atoms with E-state index >= 15 is 0 Å². The minimum absolute atomic E-state index is 0.398. The lowest BCUT2D eigenvalue weighted by Crippen LogP contribution is -2.25. The fourth-order valence-corrected chi connectivity index (χ4v) is 2.69. The first-order chi connectivity index (χ1) is 11.8. The molecule has 1 N–H and O–H groups in total. The molecule has 0 aliphatic rings. The smallest absolute Gasteiger partial charge is 0.406 e. The third kappa shape index (κ3) is 5.06. The Kier molecular flexibility index (Phi) is 7.22. The third-order valence-corrected chi connectivity index (χ3v) is 4.00. The molecule has 0 aliphatic carbocycles. The third-order valence-electron chi connectivity index (χ3n) is 4.00. The van der Waals surface area contributed by atoms with Crippen LogP contribution in [0.15, 0.2) is 30.5 Å². The van der Waals surface area contributed by atoms with E-state index in [0.29, 0.717) is 6.54 Å². The highest BCUT2D eigenvalue weighted by atomic mass is 16.5. The number of alkyl carbamates (subject to hydrolysis) is 1. The Morgan fingerprint density at radius 2 is 2.08 bits per heavy atom. The van der Waals surface area contributed by atoms with Gasteiger partial charge in [0, 0.05) is 30.6 Å². The molecular weight excluding hydrogens is 300 g/mol. The van der Waals surface area contributed by atoms with Gasteiger partial charge in [0.05, 0.1) is 12.6 Å². The Bertz CT molecular complexity index is 722. The Hall–Kier alpha value is -2.41. The largest absolute Gasteiger partial charge is 0.453 e. The van der Waals surface area contributed by atoms with E-state index in [9.17, 15) is 4.79 Å². The van der Waals surface area contributed by atoms with Crippen LogP contribution in [0.3, 0.4) is 0 Å². The molecule has 128 valence electrons. The normalized spacial score (nSPS) is 10.2. The van der Waals surface area contributed by atoms with Crippen molar-refractivity contribution in [3.8, 4) is 12.0 Å². The average molecular weight is 326 g/mol. The van der Waals surface area contributed by atoms with E-state index in [4.69, 9.17) is 0 Å². The van der Waals surface area contributed by atoms with E-state index in [1.807, 2.05) is 16.7 Å². The van der Waals surface area contributed by atoms with Crippen molar-refractivity contribution in [2.24, 2.45) is 0 Å². The van der Waals surface area contributed by atoms with Gasteiger partial charge >= 0.3 is 6.09 Å². The fraction of sp³-hybridized carbons (Fsp3) is 0.450. The highest BCUT2D eigenvalue weighted by Crippen LogP contribution is 2.21. The molecule has 1 amide bonds. The Morgan fingerprint density at radius 3 is 2.88 bits per heavy atom. The van der Waals surface area contributed by atoms with Crippen molar-refractivity contribution in [1.29, 1.82) is 0 Å². The second-order valence-electron chi connectivity index (χ2n) is 5.81. The van der Waals surface area contributed by atoms with Gasteiger partial charge in [-0.25, -0.2) is 4.79 Å². The summed E-state index contributed by atoms with van der Waals surface area (Å²) in [5.41, 5.74) is 2.30. The molecule has 0 saturated heterocycles. The van der Waals surface area contributed by atoms with E-state index in [2.05, 4.69) is 47.3 Å². The lowest BCUT2D eigenvalue weighted by Gasteiger charge is -2.02. The van der Waals surface area contributed by atoms with Gasteiger partial charge in [0.25, 0.3) is 0 Å². The van der Waals surface area contributed by atoms with Crippen molar-refractivity contribution >= 4 is 17.0 Å². The first-order valence-corrected chi connectivity index (χ1v) is 8.66. The van der Waals surface area contributed by atoms with Crippen molar-refractivity contribution < 1.29 is 9.53 Å². The summed E-state index contributed by atoms with van der Waals surface area (Å²) in [4.78, 5) is 11.2. The Labute approximate surface area is 144 Å². The molecule has 0 unspecified atom stereocenters. The molecule has 1 aromatic heterocycles. The van der Waals surface area contributed by atoms with E-state index in [0.717, 1.165) is 24.8 Å². The van der Waals surface area contributed by atoms with E-state index < -0.39 is 6.09 Å². The summed E-state index contributed by atoms with van der Waals surface area (Å²) in [6, 6.07) is 11.5. The summed E-state index contributed by atoms with van der Waals surface area (Å²) < 4.78 is 6.60. The van der Waals surface area contributed by atoms with Crippen molar-refractivity contribution in [2.75, 3.05) is 13.7 Å². The Balaban J connectivity index is 2.05. The number of nitrogens with zero attached hydrogens (tertiary/aromatic N) is 1. The average Bonchev–Trinajstić information content (AvgIpc) is 2.96. The van der Waals surface area contributed by atoms with E-state index in [1.54, 1.807) is 0 Å². The highest BCUT2D eigenvalue weighted by Gasteiger charge is 2.07. The lowest BCUT2D eigenvalue weighted by molar-refractivity contribution is 0.171. The van der Waals surface area contributed by atoms with Gasteiger partial charge < -0.3 is 10.1 Å². The number of hydrogen-bond acceptors (Lipinski definition) is 2. The van der Waals surface area contributed by atoms with Crippen LogP contribution in [0.4, 0.5) is 4.79 Å². The molecule has 0 radical (unpaired) electrons. The molecule has 0 bridgehead atoms. The van der Waals surface area contributed by atoms with Gasteiger partial charge in [0.15, 0.2) is 0 Å². The van der Waals surface area contributed by atoms with Crippen LogP contribution in [0.5, 0.6) is 0 Å². The number of hydrogen-bond donors (Lipinski definition) is 1. The number of nitrogens with one attached hydrogen (secondary N) is 1. The SMILES string of the molecule is CCCCCCC#Cn1cc(CCNC(=O)OC)c2ccccc21. The molecule has 1 aromatic carbocycles. The summed E-state index contributed by atoms with van der Waals surface area (Å²) in [6.07, 6.45) is 8.31. The molecular formula is C20H26N2O2. The van der Waals surface area contributed by atoms with Crippen molar-refractivity contribution in [1.82, 2.24) is 9.88 Å². The number of methoxy groups -OCH3 is 1. The highest BCUT2D eigenvalue weighted by molar-refractivity contribution is 5.84. The summed E-state index contributed by atoms with van der Waals surface area (Å²) in [7, 11) is 1.37. The standard InChI is InChI=1S/C20H26N2O2/c1-3-4-5-6-7-10-15-22-16-17(13-14-21-20(23)24-2)18-11-8-9-12-19(18)22/h8-9,11-12,16H,3-7,13-14H2,1-2H3,(H,21,23).